The molecular formula is C25H21ClN10O6S2. The first kappa shape index (κ1) is 30.5. The van der Waals surface area contributed by atoms with E-state index in [1.165, 1.54) is 24.0 Å². The van der Waals surface area contributed by atoms with Gasteiger partial charge in [-0.1, -0.05) is 28.1 Å². The molecule has 0 saturated carbocycles. The van der Waals surface area contributed by atoms with Crippen LogP contribution in [0.4, 0.5) is 5.13 Å². The molecule has 5 rings (SSSR count). The van der Waals surface area contributed by atoms with E-state index in [0.29, 0.717) is 16.8 Å². The van der Waals surface area contributed by atoms with Gasteiger partial charge in [-0.05, 0) is 30.7 Å². The minimum atomic E-state index is -1.28. The van der Waals surface area contributed by atoms with Gasteiger partial charge in [0.05, 0.1) is 5.70 Å². The van der Waals surface area contributed by atoms with E-state index in [4.69, 9.17) is 27.4 Å². The van der Waals surface area contributed by atoms with Crippen molar-refractivity contribution in [2.75, 3.05) is 24.6 Å². The smallest absolute Gasteiger partial charge is 0.352 e. The SMILES string of the molecule is CCO/N=C(\C(=O)N[C@@H]1C(=O)N2C(C(=O)O)=C(CN3C=CC(=C4C=C(C(=O)NC#N)N=N4)C=C3)CS[C@H]12)c1nc(N)sc1Cl. The van der Waals surface area contributed by atoms with Gasteiger partial charge in [0.25, 0.3) is 17.7 Å². The number of nitrogen functional groups attached to an aromatic ring is 1. The van der Waals surface area contributed by atoms with E-state index in [1.54, 1.807) is 36.4 Å². The third kappa shape index (κ3) is 5.92. The van der Waals surface area contributed by atoms with Crippen LogP contribution in [0.2, 0.25) is 4.34 Å². The van der Waals surface area contributed by atoms with E-state index in [2.05, 4.69) is 25.7 Å². The molecule has 44 heavy (non-hydrogen) atoms. The number of nitrogens with two attached hydrogens (primary N) is 1. The van der Waals surface area contributed by atoms with E-state index >= 15 is 0 Å². The number of carbonyl (C=O) groups is 4. The molecular weight excluding hydrogens is 636 g/mol. The summed E-state index contributed by atoms with van der Waals surface area (Å²) in [5.74, 6) is -3.06. The number of anilines is 1. The van der Waals surface area contributed by atoms with E-state index in [9.17, 15) is 24.3 Å². The maximum Gasteiger partial charge on any atom is 0.352 e. The standard InChI is InChI=1S/C25H21ClN10O6S2/c1-2-42-34-16(15-19(26)44-25(28)31-15)21(38)30-17-22(39)36-18(24(40)41)12(9-43-23(17)36)8-35-5-3-11(4-6-35)13-7-14(33-32-13)20(37)29-10-27/h3-7,17,23H,2,8-9H2,1H3,(H2,28,31)(H,29,37)(H,30,38)(H,40,41)/b34-16-/t17-,23-/m1/s1. The second-order valence-corrected chi connectivity index (χ2v) is 11.8. The summed E-state index contributed by atoms with van der Waals surface area (Å²) >= 11 is 8.41. The molecule has 3 amide bonds. The van der Waals surface area contributed by atoms with Crippen molar-refractivity contribution in [3.05, 3.63) is 68.9 Å². The molecule has 5 N–H and O–H groups in total. The zero-order valence-electron chi connectivity index (χ0n) is 22.6. The van der Waals surface area contributed by atoms with Crippen molar-refractivity contribution in [2.45, 2.75) is 18.3 Å². The number of aliphatic carboxylic acids is 1. The van der Waals surface area contributed by atoms with Crippen LogP contribution in [-0.2, 0) is 24.0 Å². The van der Waals surface area contributed by atoms with Gasteiger partial charge in [0.2, 0.25) is 0 Å². The van der Waals surface area contributed by atoms with Crippen molar-refractivity contribution in [1.29, 1.82) is 5.26 Å². The number of azo groups is 1. The maximum atomic E-state index is 13.2. The van der Waals surface area contributed by atoms with Crippen LogP contribution >= 0.6 is 34.7 Å². The molecule has 0 spiro atoms. The topological polar surface area (TPSA) is 228 Å². The van der Waals surface area contributed by atoms with Gasteiger partial charge in [-0.3, -0.25) is 24.6 Å². The molecule has 1 aromatic rings. The number of nitriles is 1. The molecule has 1 fully saturated rings. The van der Waals surface area contributed by atoms with Crippen molar-refractivity contribution in [2.24, 2.45) is 15.4 Å². The number of halogens is 1. The molecule has 16 nitrogen and oxygen atoms in total. The highest BCUT2D eigenvalue weighted by atomic mass is 35.5. The Bertz CT molecular complexity index is 1700. The number of aromatic nitrogens is 1. The molecule has 19 heteroatoms. The highest BCUT2D eigenvalue weighted by molar-refractivity contribution is 8.00. The van der Waals surface area contributed by atoms with Crippen LogP contribution in [0.1, 0.15) is 12.6 Å². The average Bonchev–Trinajstić information content (AvgIpc) is 3.62. The number of thioether (sulfide) groups is 1. The molecule has 2 atom stereocenters. The maximum absolute atomic E-state index is 13.2. The predicted molar refractivity (Wildman–Crippen MR) is 158 cm³/mol. The van der Waals surface area contributed by atoms with Gasteiger partial charge in [-0.15, -0.1) is 22.0 Å². The first-order valence-electron chi connectivity index (χ1n) is 12.6. The fourth-order valence-corrected chi connectivity index (χ4v) is 6.68. The molecule has 1 aromatic heterocycles. The third-order valence-corrected chi connectivity index (χ3v) is 8.79. The van der Waals surface area contributed by atoms with Gasteiger partial charge in [-0.25, -0.2) is 9.78 Å². The van der Waals surface area contributed by atoms with Crippen molar-refractivity contribution in [1.82, 2.24) is 25.4 Å². The summed E-state index contributed by atoms with van der Waals surface area (Å²) < 4.78 is 0.117. The van der Waals surface area contributed by atoms with Crippen molar-refractivity contribution in [3.8, 4) is 6.19 Å². The molecule has 4 aliphatic heterocycles. The van der Waals surface area contributed by atoms with Gasteiger partial charge in [0.15, 0.2) is 22.7 Å². The fraction of sp³-hybridized carbons (Fsp3) is 0.240. The number of rotatable bonds is 9. The third-order valence-electron chi connectivity index (χ3n) is 6.36. The summed E-state index contributed by atoms with van der Waals surface area (Å²) in [7, 11) is 0. The minimum absolute atomic E-state index is 0.00634. The summed E-state index contributed by atoms with van der Waals surface area (Å²) in [5.41, 5.74) is 6.82. The lowest BCUT2D eigenvalue weighted by Crippen LogP contribution is -2.71. The molecule has 0 unspecified atom stereocenters. The number of allylic oxidation sites excluding steroid dienone is 4. The molecule has 0 radical (unpaired) electrons. The summed E-state index contributed by atoms with van der Waals surface area (Å²) in [6.07, 6.45) is 9.77. The molecule has 226 valence electrons. The van der Waals surface area contributed by atoms with Gasteiger partial charge in [-0.2, -0.15) is 5.26 Å². The second kappa shape index (κ2) is 12.7. The van der Waals surface area contributed by atoms with Gasteiger partial charge < -0.3 is 25.9 Å². The van der Waals surface area contributed by atoms with Crippen molar-refractivity contribution >= 4 is 69.2 Å². The molecule has 0 aromatic carbocycles. The zero-order valence-corrected chi connectivity index (χ0v) is 24.9. The van der Waals surface area contributed by atoms with Crippen LogP contribution in [0, 0.1) is 11.5 Å². The molecule has 0 aliphatic carbocycles. The van der Waals surface area contributed by atoms with Crippen molar-refractivity contribution < 1.29 is 29.1 Å². The number of nitrogens with one attached hydrogen (secondary N) is 2. The number of thiazole rings is 1. The number of carboxylic acids is 1. The first-order valence-corrected chi connectivity index (χ1v) is 14.9. The van der Waals surface area contributed by atoms with Crippen LogP contribution in [-0.4, -0.2) is 79.6 Å². The summed E-state index contributed by atoms with van der Waals surface area (Å²) in [6, 6.07) is -1.03. The van der Waals surface area contributed by atoms with E-state index in [1.807, 2.05) is 5.32 Å². The molecule has 0 bridgehead atoms. The van der Waals surface area contributed by atoms with E-state index in [-0.39, 0.29) is 51.2 Å². The largest absolute Gasteiger partial charge is 0.477 e. The minimum Gasteiger partial charge on any atom is -0.477 e. The normalized spacial score (nSPS) is 20.7. The Kier molecular flexibility index (Phi) is 8.80. The van der Waals surface area contributed by atoms with E-state index in [0.717, 1.165) is 16.2 Å². The average molecular weight is 657 g/mol. The first-order chi connectivity index (χ1) is 21.1. The Hall–Kier alpha value is -4.99. The Balaban J connectivity index is 1.28. The Morgan fingerprint density at radius 2 is 2.07 bits per heavy atom. The highest BCUT2D eigenvalue weighted by Gasteiger charge is 2.54. The second-order valence-electron chi connectivity index (χ2n) is 9.09. The number of β-lactam (4-membered cyclic amide) rings is 1. The molecule has 1 saturated heterocycles. The van der Waals surface area contributed by atoms with Crippen LogP contribution < -0.4 is 16.4 Å². The van der Waals surface area contributed by atoms with Crippen molar-refractivity contribution in [3.63, 3.8) is 0 Å². The number of hydrogen-bond donors (Lipinski definition) is 4. The Morgan fingerprint density at radius 3 is 2.70 bits per heavy atom. The predicted octanol–water partition coefficient (Wildman–Crippen LogP) is 1.40. The number of amides is 3. The fourth-order valence-electron chi connectivity index (χ4n) is 4.41. The van der Waals surface area contributed by atoms with E-state index < -0.39 is 35.1 Å². The highest BCUT2D eigenvalue weighted by Crippen LogP contribution is 2.41. The number of oxime groups is 1. The monoisotopic (exact) mass is 656 g/mol. The van der Waals surface area contributed by atoms with Crippen LogP contribution in [0.5, 0.6) is 0 Å². The zero-order chi connectivity index (χ0) is 31.5. The lowest BCUT2D eigenvalue weighted by atomic mass is 10.0. The lowest BCUT2D eigenvalue weighted by molar-refractivity contribution is -0.150. The number of carbonyl (C=O) groups excluding carboxylic acids is 3. The number of fused-ring (bicyclic) bond motifs is 1. The van der Waals surface area contributed by atoms with Gasteiger partial charge in [0, 0.05) is 30.3 Å². The van der Waals surface area contributed by atoms with Crippen LogP contribution in [0.25, 0.3) is 0 Å². The number of nitrogens with zero attached hydrogens (tertiary/aromatic N) is 7. The lowest BCUT2D eigenvalue weighted by Gasteiger charge is -2.49. The van der Waals surface area contributed by atoms with Gasteiger partial charge >= 0.3 is 5.97 Å². The Morgan fingerprint density at radius 1 is 1.32 bits per heavy atom. The molecule has 4 aliphatic rings. The van der Waals surface area contributed by atoms with Crippen LogP contribution in [0.3, 0.4) is 0 Å². The number of hydrogen-bond acceptors (Lipinski definition) is 14. The quantitative estimate of drug-likeness (QED) is 0.0976. The van der Waals surface area contributed by atoms with Gasteiger partial charge in [0.1, 0.15) is 33.7 Å². The summed E-state index contributed by atoms with van der Waals surface area (Å²) in [4.78, 5) is 62.4. The van der Waals surface area contributed by atoms with Crippen LogP contribution in [0.15, 0.2) is 74.2 Å². The summed E-state index contributed by atoms with van der Waals surface area (Å²) in [5, 5.41) is 34.2. The summed E-state index contributed by atoms with van der Waals surface area (Å²) in [6.45, 7) is 1.99. The number of carboxylic acid groups (broad SMARTS) is 1. The molecule has 5 heterocycles. The Labute approximate surface area is 261 Å².